The molecule has 1 fully saturated rings. The van der Waals surface area contributed by atoms with E-state index in [9.17, 15) is 4.79 Å². The van der Waals surface area contributed by atoms with E-state index in [0.717, 1.165) is 19.6 Å². The summed E-state index contributed by atoms with van der Waals surface area (Å²) in [6.07, 6.45) is 0.337. The maximum Gasteiger partial charge on any atom is 0.223 e. The van der Waals surface area contributed by atoms with Crippen molar-refractivity contribution in [2.75, 3.05) is 33.4 Å². The normalized spacial score (nSPS) is 19.5. The number of nitrogens with zero attached hydrogens (tertiary/aromatic N) is 1. The molecule has 1 N–H and O–H groups in total. The van der Waals surface area contributed by atoms with Crippen LogP contribution >= 0.6 is 0 Å². The molecule has 1 atom stereocenters. The monoisotopic (exact) mass is 320 g/mol. The molecule has 1 aromatic carbocycles. The van der Waals surface area contributed by atoms with Crippen LogP contribution in [0.15, 0.2) is 30.3 Å². The lowest BCUT2D eigenvalue weighted by atomic mass is 10.1. The Morgan fingerprint density at radius 1 is 1.39 bits per heavy atom. The van der Waals surface area contributed by atoms with E-state index < -0.39 is 0 Å². The Kier molecular flexibility index (Phi) is 6.57. The Morgan fingerprint density at radius 3 is 2.83 bits per heavy atom. The molecule has 1 heterocycles. The van der Waals surface area contributed by atoms with E-state index in [1.807, 2.05) is 19.9 Å². The number of morpholine rings is 1. The SMILES string of the molecule is COCC(C)(C)NC(=O)C[C@H]1CN(Cc2ccccc2)CCO1. The Morgan fingerprint density at radius 2 is 2.13 bits per heavy atom. The van der Waals surface area contributed by atoms with Gasteiger partial charge in [-0.15, -0.1) is 0 Å². The van der Waals surface area contributed by atoms with Gasteiger partial charge < -0.3 is 14.8 Å². The van der Waals surface area contributed by atoms with E-state index in [0.29, 0.717) is 19.6 Å². The van der Waals surface area contributed by atoms with Crippen molar-refractivity contribution in [3.8, 4) is 0 Å². The third-order valence-corrected chi connectivity index (χ3v) is 3.87. The minimum atomic E-state index is -0.357. The summed E-state index contributed by atoms with van der Waals surface area (Å²) in [5, 5.41) is 3.01. The minimum Gasteiger partial charge on any atom is -0.382 e. The summed E-state index contributed by atoms with van der Waals surface area (Å²) >= 11 is 0. The lowest BCUT2D eigenvalue weighted by molar-refractivity contribution is -0.128. The average molecular weight is 320 g/mol. The van der Waals surface area contributed by atoms with Gasteiger partial charge in [-0.25, -0.2) is 0 Å². The molecule has 0 aromatic heterocycles. The predicted molar refractivity (Wildman–Crippen MR) is 90.2 cm³/mol. The van der Waals surface area contributed by atoms with E-state index in [2.05, 4.69) is 34.5 Å². The number of carbonyl (C=O) groups excluding carboxylic acids is 1. The van der Waals surface area contributed by atoms with Crippen LogP contribution in [0.25, 0.3) is 0 Å². The molecular weight excluding hydrogens is 292 g/mol. The first kappa shape index (κ1) is 17.9. The lowest BCUT2D eigenvalue weighted by Gasteiger charge is -2.33. The van der Waals surface area contributed by atoms with Gasteiger partial charge in [0.25, 0.3) is 0 Å². The second-order valence-electron chi connectivity index (χ2n) is 6.78. The van der Waals surface area contributed by atoms with E-state index in [-0.39, 0.29) is 17.6 Å². The molecule has 2 rings (SSSR count). The van der Waals surface area contributed by atoms with Gasteiger partial charge in [-0.1, -0.05) is 30.3 Å². The number of amides is 1. The smallest absolute Gasteiger partial charge is 0.223 e. The molecule has 0 bridgehead atoms. The van der Waals surface area contributed by atoms with Crippen LogP contribution in [0, 0.1) is 0 Å². The van der Waals surface area contributed by atoms with Crippen LogP contribution in [0.4, 0.5) is 0 Å². The molecule has 5 heteroatoms. The van der Waals surface area contributed by atoms with Gasteiger partial charge >= 0.3 is 0 Å². The summed E-state index contributed by atoms with van der Waals surface area (Å²) in [5.41, 5.74) is 0.934. The van der Waals surface area contributed by atoms with E-state index >= 15 is 0 Å². The summed E-state index contributed by atoms with van der Waals surface area (Å²) in [4.78, 5) is 14.5. The standard InChI is InChI=1S/C18H28N2O3/c1-18(2,14-22-3)19-17(21)11-16-13-20(9-10-23-16)12-15-7-5-4-6-8-15/h4-8,16H,9-14H2,1-3H3,(H,19,21)/t16-/m0/s1. The van der Waals surface area contributed by atoms with E-state index in [1.54, 1.807) is 7.11 Å². The third-order valence-electron chi connectivity index (χ3n) is 3.87. The molecule has 0 aliphatic carbocycles. The highest BCUT2D eigenvalue weighted by atomic mass is 16.5. The maximum absolute atomic E-state index is 12.2. The fourth-order valence-electron chi connectivity index (χ4n) is 2.92. The van der Waals surface area contributed by atoms with Crippen molar-refractivity contribution >= 4 is 5.91 Å². The number of nitrogens with one attached hydrogen (secondary N) is 1. The topological polar surface area (TPSA) is 50.8 Å². The highest BCUT2D eigenvalue weighted by Crippen LogP contribution is 2.13. The van der Waals surface area contributed by atoms with Crippen molar-refractivity contribution in [3.05, 3.63) is 35.9 Å². The van der Waals surface area contributed by atoms with Crippen molar-refractivity contribution in [1.29, 1.82) is 0 Å². The summed E-state index contributed by atoms with van der Waals surface area (Å²) in [6, 6.07) is 10.4. The first-order valence-electron chi connectivity index (χ1n) is 8.16. The number of rotatable bonds is 7. The van der Waals surface area contributed by atoms with Gasteiger partial charge in [0.2, 0.25) is 5.91 Å². The van der Waals surface area contributed by atoms with Gasteiger partial charge in [0.15, 0.2) is 0 Å². The second kappa shape index (κ2) is 8.43. The zero-order chi connectivity index (χ0) is 16.7. The second-order valence-corrected chi connectivity index (χ2v) is 6.78. The van der Waals surface area contributed by atoms with Crippen LogP contribution in [-0.2, 0) is 20.8 Å². The zero-order valence-corrected chi connectivity index (χ0v) is 14.4. The largest absolute Gasteiger partial charge is 0.382 e. The fourth-order valence-corrected chi connectivity index (χ4v) is 2.92. The summed E-state index contributed by atoms with van der Waals surface area (Å²) < 4.78 is 10.9. The van der Waals surface area contributed by atoms with Gasteiger partial charge in [-0.3, -0.25) is 9.69 Å². The molecule has 0 spiro atoms. The highest BCUT2D eigenvalue weighted by molar-refractivity contribution is 5.77. The number of hydrogen-bond acceptors (Lipinski definition) is 4. The molecule has 0 unspecified atom stereocenters. The summed E-state index contributed by atoms with van der Waals surface area (Å²) in [7, 11) is 1.64. The Hall–Kier alpha value is -1.43. The molecule has 0 saturated carbocycles. The number of carbonyl (C=O) groups is 1. The molecule has 1 saturated heterocycles. The van der Waals surface area contributed by atoms with E-state index in [1.165, 1.54) is 5.56 Å². The van der Waals surface area contributed by atoms with Gasteiger partial charge in [0, 0.05) is 26.7 Å². The highest BCUT2D eigenvalue weighted by Gasteiger charge is 2.26. The molecule has 1 aliphatic rings. The Bertz CT molecular complexity index is 490. The molecule has 1 amide bonds. The Balaban J connectivity index is 1.80. The average Bonchev–Trinajstić information content (AvgIpc) is 2.47. The lowest BCUT2D eigenvalue weighted by Crippen LogP contribution is -2.49. The minimum absolute atomic E-state index is 0.0126. The first-order valence-corrected chi connectivity index (χ1v) is 8.16. The van der Waals surface area contributed by atoms with Gasteiger partial charge in [-0.05, 0) is 19.4 Å². The number of hydrogen-bond donors (Lipinski definition) is 1. The molecule has 1 aliphatic heterocycles. The first-order chi connectivity index (χ1) is 11.0. The van der Waals surface area contributed by atoms with E-state index in [4.69, 9.17) is 9.47 Å². The zero-order valence-electron chi connectivity index (χ0n) is 14.4. The molecule has 23 heavy (non-hydrogen) atoms. The van der Waals surface area contributed by atoms with Crippen LogP contribution in [0.1, 0.15) is 25.8 Å². The van der Waals surface area contributed by atoms with Gasteiger partial charge in [0.05, 0.1) is 31.3 Å². The van der Waals surface area contributed by atoms with Crippen molar-refractivity contribution in [2.45, 2.75) is 38.5 Å². The molecule has 0 radical (unpaired) electrons. The van der Waals surface area contributed by atoms with Gasteiger partial charge in [0.1, 0.15) is 0 Å². The van der Waals surface area contributed by atoms with Crippen LogP contribution in [0.3, 0.4) is 0 Å². The molecule has 1 aromatic rings. The van der Waals surface area contributed by atoms with Crippen molar-refractivity contribution in [3.63, 3.8) is 0 Å². The maximum atomic E-state index is 12.2. The predicted octanol–water partition coefficient (Wildman–Crippen LogP) is 1.82. The third kappa shape index (κ3) is 6.29. The van der Waals surface area contributed by atoms with Crippen molar-refractivity contribution in [2.24, 2.45) is 0 Å². The van der Waals surface area contributed by atoms with Gasteiger partial charge in [-0.2, -0.15) is 0 Å². The molecular formula is C18H28N2O3. The Labute approximate surface area is 139 Å². The molecule has 5 nitrogen and oxygen atoms in total. The van der Waals surface area contributed by atoms with Crippen molar-refractivity contribution in [1.82, 2.24) is 10.2 Å². The fraction of sp³-hybridized carbons (Fsp3) is 0.611. The summed E-state index contributed by atoms with van der Waals surface area (Å²) in [6.45, 7) is 7.67. The molecule has 128 valence electrons. The number of methoxy groups -OCH3 is 1. The van der Waals surface area contributed by atoms with Crippen LogP contribution in [-0.4, -0.2) is 55.9 Å². The van der Waals surface area contributed by atoms with Crippen LogP contribution in [0.5, 0.6) is 0 Å². The number of benzene rings is 1. The van der Waals surface area contributed by atoms with Crippen LogP contribution < -0.4 is 5.32 Å². The van der Waals surface area contributed by atoms with Crippen molar-refractivity contribution < 1.29 is 14.3 Å². The number of ether oxygens (including phenoxy) is 2. The quantitative estimate of drug-likeness (QED) is 0.832. The van der Waals surface area contributed by atoms with Crippen LogP contribution in [0.2, 0.25) is 0 Å². The summed E-state index contributed by atoms with van der Waals surface area (Å²) in [5.74, 6) is 0.0126.